The molecule has 2 aliphatic rings. The van der Waals surface area contributed by atoms with Gasteiger partial charge in [0.2, 0.25) is 0 Å². The summed E-state index contributed by atoms with van der Waals surface area (Å²) in [5.41, 5.74) is 1.29. The van der Waals surface area contributed by atoms with Crippen molar-refractivity contribution in [1.82, 2.24) is 9.97 Å². The summed E-state index contributed by atoms with van der Waals surface area (Å²) < 4.78 is 0. The second-order valence-electron chi connectivity index (χ2n) is 6.52. The highest BCUT2D eigenvalue weighted by Gasteiger charge is 2.32. The Morgan fingerprint density at radius 2 is 1.73 bits per heavy atom. The Morgan fingerprint density at radius 1 is 1.05 bits per heavy atom. The summed E-state index contributed by atoms with van der Waals surface area (Å²) >= 11 is 0. The Kier molecular flexibility index (Phi) is 4.14. The maximum atomic E-state index is 12.4. The standard InChI is InChI=1S/C17H22N2O3/c1-10(20)9-13(11-5-3-2-4-6-11)14-15(12-7-8-12)18-17(22)19-16(14)21/h9,11-12H,2-8H2,1H3,(H2,18,19,21,22)/b13-9-. The van der Waals surface area contributed by atoms with Crippen molar-refractivity contribution in [3.63, 3.8) is 0 Å². The first-order valence-electron chi connectivity index (χ1n) is 8.15. The van der Waals surface area contributed by atoms with Crippen LogP contribution in [0.15, 0.2) is 15.7 Å². The normalized spacial score (nSPS) is 20.1. The lowest BCUT2D eigenvalue weighted by Crippen LogP contribution is -2.29. The van der Waals surface area contributed by atoms with E-state index in [-0.39, 0.29) is 23.2 Å². The van der Waals surface area contributed by atoms with Gasteiger partial charge in [-0.1, -0.05) is 19.3 Å². The van der Waals surface area contributed by atoms with Crippen molar-refractivity contribution in [2.45, 2.75) is 57.8 Å². The van der Waals surface area contributed by atoms with Crippen LogP contribution in [0.5, 0.6) is 0 Å². The van der Waals surface area contributed by atoms with E-state index < -0.39 is 5.69 Å². The quantitative estimate of drug-likeness (QED) is 0.838. The molecule has 0 radical (unpaired) electrons. The summed E-state index contributed by atoms with van der Waals surface area (Å²) in [6, 6.07) is 0. The van der Waals surface area contributed by atoms with E-state index in [0.717, 1.165) is 49.8 Å². The van der Waals surface area contributed by atoms with E-state index in [9.17, 15) is 14.4 Å². The molecule has 5 nitrogen and oxygen atoms in total. The Morgan fingerprint density at radius 3 is 2.32 bits per heavy atom. The van der Waals surface area contributed by atoms with Crippen molar-refractivity contribution in [3.05, 3.63) is 38.2 Å². The summed E-state index contributed by atoms with van der Waals surface area (Å²) in [5, 5.41) is 0. The summed E-state index contributed by atoms with van der Waals surface area (Å²) in [7, 11) is 0. The van der Waals surface area contributed by atoms with Crippen LogP contribution in [0.1, 0.15) is 69.0 Å². The lowest BCUT2D eigenvalue weighted by molar-refractivity contribution is -0.112. The number of carbonyl (C=O) groups excluding carboxylic acids is 1. The minimum Gasteiger partial charge on any atom is -0.310 e. The van der Waals surface area contributed by atoms with E-state index in [0.29, 0.717) is 5.56 Å². The second-order valence-corrected chi connectivity index (χ2v) is 6.52. The topological polar surface area (TPSA) is 82.8 Å². The third kappa shape index (κ3) is 3.13. The Balaban J connectivity index is 2.13. The summed E-state index contributed by atoms with van der Waals surface area (Å²) in [6.07, 6.45) is 9.05. The van der Waals surface area contributed by atoms with Crippen molar-refractivity contribution in [2.75, 3.05) is 0 Å². The molecule has 22 heavy (non-hydrogen) atoms. The largest absolute Gasteiger partial charge is 0.325 e. The number of rotatable bonds is 4. The zero-order valence-corrected chi connectivity index (χ0v) is 12.9. The molecule has 1 aromatic heterocycles. The van der Waals surface area contributed by atoms with Gasteiger partial charge in [-0.05, 0) is 50.2 Å². The van der Waals surface area contributed by atoms with Crippen LogP contribution in [-0.4, -0.2) is 15.8 Å². The molecule has 3 rings (SSSR count). The van der Waals surface area contributed by atoms with E-state index in [2.05, 4.69) is 9.97 Å². The first kappa shape index (κ1) is 15.0. The molecule has 0 unspecified atom stereocenters. The highest BCUT2D eigenvalue weighted by Crippen LogP contribution is 2.43. The van der Waals surface area contributed by atoms with Crippen molar-refractivity contribution < 1.29 is 4.79 Å². The molecule has 0 saturated heterocycles. The fraction of sp³-hybridized carbons (Fsp3) is 0.588. The molecule has 5 heteroatoms. The molecule has 118 valence electrons. The van der Waals surface area contributed by atoms with Crippen molar-refractivity contribution in [3.8, 4) is 0 Å². The van der Waals surface area contributed by atoms with Gasteiger partial charge in [-0.2, -0.15) is 0 Å². The van der Waals surface area contributed by atoms with E-state index in [1.54, 1.807) is 6.08 Å². The van der Waals surface area contributed by atoms with Crippen LogP contribution in [-0.2, 0) is 4.79 Å². The molecule has 0 atom stereocenters. The third-order valence-corrected chi connectivity index (χ3v) is 4.65. The zero-order valence-electron chi connectivity index (χ0n) is 12.9. The van der Waals surface area contributed by atoms with Crippen LogP contribution in [0, 0.1) is 5.92 Å². The highest BCUT2D eigenvalue weighted by molar-refractivity contribution is 5.95. The Bertz CT molecular complexity index is 716. The molecule has 2 fully saturated rings. The molecule has 0 aliphatic heterocycles. The van der Waals surface area contributed by atoms with Crippen LogP contribution in [0.25, 0.3) is 5.57 Å². The van der Waals surface area contributed by atoms with Gasteiger partial charge in [0.15, 0.2) is 5.78 Å². The minimum atomic E-state index is -0.457. The SMILES string of the molecule is CC(=O)/C=C(\c1c(C2CC2)[nH]c(=O)[nH]c1=O)C1CCCCC1. The van der Waals surface area contributed by atoms with Crippen LogP contribution in [0.3, 0.4) is 0 Å². The number of hydrogen-bond donors (Lipinski definition) is 2. The predicted molar refractivity (Wildman–Crippen MR) is 84.9 cm³/mol. The van der Waals surface area contributed by atoms with E-state index >= 15 is 0 Å². The summed E-state index contributed by atoms with van der Waals surface area (Å²) in [5.74, 6) is 0.444. The number of ketones is 1. The van der Waals surface area contributed by atoms with Gasteiger partial charge >= 0.3 is 5.69 Å². The molecule has 2 N–H and O–H groups in total. The van der Waals surface area contributed by atoms with Gasteiger partial charge in [0.05, 0.1) is 5.56 Å². The van der Waals surface area contributed by atoms with Crippen LogP contribution in [0.2, 0.25) is 0 Å². The average Bonchev–Trinajstić information content (AvgIpc) is 3.30. The van der Waals surface area contributed by atoms with Gasteiger partial charge in [0, 0.05) is 11.6 Å². The average molecular weight is 302 g/mol. The summed E-state index contributed by atoms with van der Waals surface area (Å²) in [4.78, 5) is 40.9. The fourth-order valence-electron chi connectivity index (χ4n) is 3.50. The minimum absolute atomic E-state index is 0.0482. The second kappa shape index (κ2) is 6.07. The van der Waals surface area contributed by atoms with E-state index in [1.807, 2.05) is 0 Å². The number of allylic oxidation sites excluding steroid dienone is 2. The molecular weight excluding hydrogens is 280 g/mol. The van der Waals surface area contributed by atoms with Gasteiger partial charge in [0.1, 0.15) is 0 Å². The fourth-order valence-corrected chi connectivity index (χ4v) is 3.50. The van der Waals surface area contributed by atoms with Gasteiger partial charge in [-0.15, -0.1) is 0 Å². The molecule has 0 spiro atoms. The smallest absolute Gasteiger partial charge is 0.310 e. The first-order valence-corrected chi connectivity index (χ1v) is 8.15. The molecule has 2 saturated carbocycles. The number of aromatic amines is 2. The van der Waals surface area contributed by atoms with E-state index in [1.165, 1.54) is 13.3 Å². The number of carbonyl (C=O) groups is 1. The van der Waals surface area contributed by atoms with Gasteiger partial charge in [0.25, 0.3) is 5.56 Å². The number of H-pyrrole nitrogens is 2. The third-order valence-electron chi connectivity index (χ3n) is 4.65. The first-order chi connectivity index (χ1) is 10.6. The summed E-state index contributed by atoms with van der Waals surface area (Å²) in [6.45, 7) is 1.51. The van der Waals surface area contributed by atoms with Crippen LogP contribution in [0.4, 0.5) is 0 Å². The predicted octanol–water partition coefficient (Wildman–Crippen LogP) is 2.49. The molecule has 0 aromatic carbocycles. The number of aromatic nitrogens is 2. The molecule has 0 bridgehead atoms. The van der Waals surface area contributed by atoms with Crippen molar-refractivity contribution in [2.24, 2.45) is 5.92 Å². The lowest BCUT2D eigenvalue weighted by Gasteiger charge is -2.25. The zero-order chi connectivity index (χ0) is 15.7. The number of nitrogens with one attached hydrogen (secondary N) is 2. The van der Waals surface area contributed by atoms with Gasteiger partial charge in [-0.3, -0.25) is 14.6 Å². The molecule has 2 aliphatic carbocycles. The van der Waals surface area contributed by atoms with Gasteiger partial charge in [-0.25, -0.2) is 4.79 Å². The Hall–Kier alpha value is -1.91. The van der Waals surface area contributed by atoms with Crippen LogP contribution >= 0.6 is 0 Å². The Labute approximate surface area is 128 Å². The van der Waals surface area contributed by atoms with Gasteiger partial charge < -0.3 is 4.98 Å². The van der Waals surface area contributed by atoms with Crippen molar-refractivity contribution in [1.29, 1.82) is 0 Å². The highest BCUT2D eigenvalue weighted by atomic mass is 16.2. The monoisotopic (exact) mass is 302 g/mol. The maximum Gasteiger partial charge on any atom is 0.325 e. The maximum absolute atomic E-state index is 12.4. The lowest BCUT2D eigenvalue weighted by atomic mass is 9.80. The molecular formula is C17H22N2O3. The van der Waals surface area contributed by atoms with E-state index in [4.69, 9.17) is 0 Å². The molecule has 1 heterocycles. The number of hydrogen-bond acceptors (Lipinski definition) is 3. The van der Waals surface area contributed by atoms with Crippen molar-refractivity contribution >= 4 is 11.4 Å². The molecule has 0 amide bonds. The molecule has 1 aromatic rings. The van der Waals surface area contributed by atoms with Crippen LogP contribution < -0.4 is 11.2 Å².